The summed E-state index contributed by atoms with van der Waals surface area (Å²) in [4.78, 5) is 15.7. The molecule has 0 amide bonds. The fourth-order valence-electron chi connectivity index (χ4n) is 2.87. The van der Waals surface area contributed by atoms with Crippen molar-refractivity contribution in [1.29, 1.82) is 0 Å². The van der Waals surface area contributed by atoms with Crippen molar-refractivity contribution in [3.05, 3.63) is 30.1 Å². The van der Waals surface area contributed by atoms with Gasteiger partial charge in [-0.2, -0.15) is 0 Å². The van der Waals surface area contributed by atoms with E-state index < -0.39 is 5.97 Å². The quantitative estimate of drug-likeness (QED) is 0.939. The van der Waals surface area contributed by atoms with E-state index in [1.54, 1.807) is 0 Å². The summed E-state index contributed by atoms with van der Waals surface area (Å²) in [7, 11) is 0. The van der Waals surface area contributed by atoms with Gasteiger partial charge in [0.25, 0.3) is 0 Å². The van der Waals surface area contributed by atoms with Crippen molar-refractivity contribution >= 4 is 28.8 Å². The minimum Gasteiger partial charge on any atom is -0.481 e. The third-order valence-electron chi connectivity index (χ3n) is 3.90. The molecule has 1 aliphatic heterocycles. The van der Waals surface area contributed by atoms with E-state index in [2.05, 4.69) is 11.5 Å². The van der Waals surface area contributed by atoms with Gasteiger partial charge >= 0.3 is 5.97 Å². The monoisotopic (exact) mass is 290 g/mol. The number of rotatable bonds is 4. The maximum atomic E-state index is 10.9. The van der Waals surface area contributed by atoms with Gasteiger partial charge in [-0.15, -0.1) is 11.8 Å². The zero-order valence-electron chi connectivity index (χ0n) is 11.5. The summed E-state index contributed by atoms with van der Waals surface area (Å²) >= 11 is 1.93. The lowest BCUT2D eigenvalue weighted by molar-refractivity contribution is -0.137. The van der Waals surface area contributed by atoms with Crippen LogP contribution in [-0.4, -0.2) is 26.4 Å². The highest BCUT2D eigenvalue weighted by Crippen LogP contribution is 2.46. The van der Waals surface area contributed by atoms with Crippen molar-refractivity contribution in [3.8, 4) is 0 Å². The zero-order chi connectivity index (χ0) is 14.2. The lowest BCUT2D eigenvalue weighted by Gasteiger charge is -2.23. The number of aromatic nitrogens is 2. The Morgan fingerprint density at radius 2 is 2.30 bits per heavy atom. The lowest BCUT2D eigenvalue weighted by atomic mass is 10.0. The zero-order valence-corrected chi connectivity index (χ0v) is 12.3. The Balaban J connectivity index is 2.09. The molecule has 0 radical (unpaired) electrons. The third-order valence-corrected chi connectivity index (χ3v) is 5.41. The molecule has 0 spiro atoms. The van der Waals surface area contributed by atoms with Gasteiger partial charge in [-0.25, -0.2) is 4.98 Å². The Morgan fingerprint density at radius 3 is 3.00 bits per heavy atom. The number of benzene rings is 1. The van der Waals surface area contributed by atoms with E-state index in [1.807, 2.05) is 36.0 Å². The van der Waals surface area contributed by atoms with Crippen molar-refractivity contribution in [2.24, 2.45) is 0 Å². The van der Waals surface area contributed by atoms with Crippen LogP contribution in [-0.2, 0) is 16.1 Å². The van der Waals surface area contributed by atoms with Gasteiger partial charge < -0.3 is 9.67 Å². The molecule has 3 rings (SSSR count). The van der Waals surface area contributed by atoms with Crippen LogP contribution in [0.25, 0.3) is 11.0 Å². The normalized spacial score (nSPS) is 22.4. The number of hydrogen-bond acceptors (Lipinski definition) is 3. The second-order valence-corrected chi connectivity index (χ2v) is 7.00. The standard InChI is InChI=1S/C15H18N2O2S/c1-15(8-4-10-20-15)14-16-11-5-2-3-6-12(11)17(14)9-7-13(18)19/h2-3,5-6H,4,7-10H2,1H3,(H,18,19). The summed E-state index contributed by atoms with van der Waals surface area (Å²) in [6.07, 6.45) is 2.44. The minimum absolute atomic E-state index is 0.0114. The van der Waals surface area contributed by atoms with E-state index in [4.69, 9.17) is 10.1 Å². The minimum atomic E-state index is -0.766. The molecule has 20 heavy (non-hydrogen) atoms. The van der Waals surface area contributed by atoms with Crippen LogP contribution in [0.4, 0.5) is 0 Å². The van der Waals surface area contributed by atoms with E-state index in [0.717, 1.165) is 29.0 Å². The first-order valence-electron chi connectivity index (χ1n) is 6.92. The molecular formula is C15H18N2O2S. The van der Waals surface area contributed by atoms with Crippen molar-refractivity contribution in [3.63, 3.8) is 0 Å². The summed E-state index contributed by atoms with van der Waals surface area (Å²) < 4.78 is 2.11. The van der Waals surface area contributed by atoms with Crippen LogP contribution in [0, 0.1) is 0 Å². The number of hydrogen-bond donors (Lipinski definition) is 1. The molecule has 1 aromatic carbocycles. The fraction of sp³-hybridized carbons (Fsp3) is 0.467. The summed E-state index contributed by atoms with van der Waals surface area (Å²) in [5.74, 6) is 1.42. The molecule has 2 heterocycles. The number of thioether (sulfide) groups is 1. The first-order chi connectivity index (χ1) is 9.60. The van der Waals surface area contributed by atoms with Gasteiger partial charge in [-0.3, -0.25) is 4.79 Å². The van der Waals surface area contributed by atoms with Crippen LogP contribution in [0.1, 0.15) is 32.0 Å². The van der Waals surface area contributed by atoms with Crippen molar-refractivity contribution in [2.75, 3.05) is 5.75 Å². The molecule has 1 atom stereocenters. The molecule has 1 fully saturated rings. The molecule has 106 valence electrons. The molecule has 4 nitrogen and oxygen atoms in total. The fourth-order valence-corrected chi connectivity index (χ4v) is 4.18. The van der Waals surface area contributed by atoms with Gasteiger partial charge in [0.2, 0.25) is 0 Å². The summed E-state index contributed by atoms with van der Waals surface area (Å²) in [5, 5.41) is 8.97. The number of nitrogens with zero attached hydrogens (tertiary/aromatic N) is 2. The van der Waals surface area contributed by atoms with Crippen molar-refractivity contribution < 1.29 is 9.90 Å². The summed E-state index contributed by atoms with van der Waals surface area (Å²) in [6, 6.07) is 7.98. The van der Waals surface area contributed by atoms with Gasteiger partial charge in [0.05, 0.1) is 22.2 Å². The molecular weight excluding hydrogens is 272 g/mol. The van der Waals surface area contributed by atoms with E-state index in [1.165, 1.54) is 6.42 Å². The second-order valence-electron chi connectivity index (χ2n) is 5.40. The van der Waals surface area contributed by atoms with Gasteiger partial charge in [0.15, 0.2) is 0 Å². The molecule has 2 aromatic rings. The topological polar surface area (TPSA) is 55.1 Å². The second kappa shape index (κ2) is 5.13. The van der Waals surface area contributed by atoms with Gasteiger partial charge in [0.1, 0.15) is 5.82 Å². The summed E-state index contributed by atoms with van der Waals surface area (Å²) in [6.45, 7) is 2.71. The number of aryl methyl sites for hydroxylation is 1. The van der Waals surface area contributed by atoms with E-state index in [9.17, 15) is 4.79 Å². The molecule has 1 aliphatic rings. The number of imidazole rings is 1. The van der Waals surface area contributed by atoms with Crippen LogP contribution in [0.2, 0.25) is 0 Å². The average Bonchev–Trinajstić information content (AvgIpc) is 3.01. The Morgan fingerprint density at radius 1 is 1.50 bits per heavy atom. The molecule has 0 saturated carbocycles. The Labute approximate surface area is 122 Å². The lowest BCUT2D eigenvalue weighted by Crippen LogP contribution is -2.21. The predicted octanol–water partition coefficient (Wildman–Crippen LogP) is 3.25. The number of fused-ring (bicyclic) bond motifs is 1. The Hall–Kier alpha value is -1.49. The highest BCUT2D eigenvalue weighted by atomic mass is 32.2. The van der Waals surface area contributed by atoms with Crippen molar-refractivity contribution in [1.82, 2.24) is 9.55 Å². The van der Waals surface area contributed by atoms with Crippen LogP contribution >= 0.6 is 11.8 Å². The Bertz CT molecular complexity index is 644. The number of carboxylic acids is 1. The SMILES string of the molecule is CC1(c2nc3ccccc3n2CCC(=O)O)CCCS1. The van der Waals surface area contributed by atoms with Crippen molar-refractivity contribution in [2.45, 2.75) is 37.5 Å². The average molecular weight is 290 g/mol. The highest BCUT2D eigenvalue weighted by molar-refractivity contribution is 8.00. The largest absolute Gasteiger partial charge is 0.481 e. The van der Waals surface area contributed by atoms with Crippen LogP contribution in [0.5, 0.6) is 0 Å². The summed E-state index contributed by atoms with van der Waals surface area (Å²) in [5.41, 5.74) is 2.00. The first-order valence-corrected chi connectivity index (χ1v) is 7.90. The van der Waals surface area contributed by atoms with Gasteiger partial charge in [0, 0.05) is 6.54 Å². The maximum Gasteiger partial charge on any atom is 0.305 e. The molecule has 1 unspecified atom stereocenters. The molecule has 1 saturated heterocycles. The predicted molar refractivity (Wildman–Crippen MR) is 81.0 cm³/mol. The van der Waals surface area contributed by atoms with Gasteiger partial charge in [-0.05, 0) is 37.7 Å². The number of aliphatic carboxylic acids is 1. The van der Waals surface area contributed by atoms with Crippen LogP contribution in [0.3, 0.4) is 0 Å². The molecule has 0 aliphatic carbocycles. The highest BCUT2D eigenvalue weighted by Gasteiger charge is 2.36. The Kier molecular flexibility index (Phi) is 3.46. The maximum absolute atomic E-state index is 10.9. The molecule has 0 bridgehead atoms. The van der Waals surface area contributed by atoms with Crippen LogP contribution in [0.15, 0.2) is 24.3 Å². The molecule has 1 aromatic heterocycles. The van der Waals surface area contributed by atoms with E-state index >= 15 is 0 Å². The number of para-hydroxylation sites is 2. The molecule has 1 N–H and O–H groups in total. The van der Waals surface area contributed by atoms with Crippen LogP contribution < -0.4 is 0 Å². The third kappa shape index (κ3) is 2.30. The van der Waals surface area contributed by atoms with Gasteiger partial charge in [-0.1, -0.05) is 12.1 Å². The molecule has 5 heteroatoms. The number of carbonyl (C=O) groups is 1. The van der Waals surface area contributed by atoms with E-state index in [0.29, 0.717) is 6.54 Å². The van der Waals surface area contributed by atoms with E-state index in [-0.39, 0.29) is 11.2 Å². The smallest absolute Gasteiger partial charge is 0.305 e. The first kappa shape index (κ1) is 13.5. The number of carboxylic acid groups (broad SMARTS) is 1.